The van der Waals surface area contributed by atoms with Gasteiger partial charge in [-0.3, -0.25) is 4.48 Å². The zero-order chi connectivity index (χ0) is 30.4. The first-order valence-corrected chi connectivity index (χ1v) is 10.3. The fourth-order valence-corrected chi connectivity index (χ4v) is 3.49. The highest BCUT2D eigenvalue weighted by molar-refractivity contribution is 5.42. The number of quaternary nitrogens is 1. The van der Waals surface area contributed by atoms with Gasteiger partial charge in [0.2, 0.25) is 0 Å². The lowest BCUT2D eigenvalue weighted by atomic mass is 9.88. The van der Waals surface area contributed by atoms with Crippen molar-refractivity contribution in [1.29, 1.82) is 0 Å². The molecule has 0 atom stereocenters. The van der Waals surface area contributed by atoms with Crippen LogP contribution in [0.15, 0.2) is 30.3 Å². The highest BCUT2D eigenvalue weighted by Crippen LogP contribution is 2.64. The van der Waals surface area contributed by atoms with Crippen LogP contribution in [0.25, 0.3) is 0 Å². The summed E-state index contributed by atoms with van der Waals surface area (Å²) in [6, 6.07) is 6.72. The average molecular weight is 596 g/mol. The number of nitrogens with zero attached hydrogens (tertiary/aromatic N) is 1. The molecule has 0 bridgehead atoms. The van der Waals surface area contributed by atoms with E-state index in [2.05, 4.69) is 0 Å². The number of benzene rings is 1. The summed E-state index contributed by atoms with van der Waals surface area (Å²) in [4.78, 5) is 0. The largest absolute Gasteiger partial charge is 0.460 e. The highest BCUT2D eigenvalue weighted by Gasteiger charge is 2.95. The van der Waals surface area contributed by atoms with Crippen LogP contribution >= 0.6 is 0 Å². The van der Waals surface area contributed by atoms with Crippen molar-refractivity contribution in [1.82, 2.24) is 4.48 Å². The molecule has 0 aliphatic rings. The Kier molecular flexibility index (Phi) is 8.84. The normalized spacial score (nSPS) is 15.7. The molecule has 0 saturated carbocycles. The molecule has 0 N–H and O–H groups in total. The molecule has 0 unspecified atom stereocenters. The van der Waals surface area contributed by atoms with E-state index in [0.717, 1.165) is 0 Å². The lowest BCUT2D eigenvalue weighted by Gasteiger charge is -2.43. The van der Waals surface area contributed by atoms with Gasteiger partial charge in [-0.2, -0.15) is 74.6 Å². The number of alkyl halides is 17. The summed E-state index contributed by atoms with van der Waals surface area (Å²) in [5.74, 6) is -56.1. The van der Waals surface area contributed by atoms with Gasteiger partial charge in [0.25, 0.3) is 0 Å². The lowest BCUT2D eigenvalue weighted by Crippen LogP contribution is -2.74. The fourth-order valence-electron chi connectivity index (χ4n) is 3.49. The summed E-state index contributed by atoms with van der Waals surface area (Å²) in [6.45, 7) is 1.02. The van der Waals surface area contributed by atoms with Gasteiger partial charge in [-0.1, -0.05) is 18.2 Å². The maximum Gasteiger partial charge on any atom is 0.460 e. The average Bonchev–Trinajstić information content (AvgIpc) is 2.79. The van der Waals surface area contributed by atoms with Gasteiger partial charge in [0.1, 0.15) is 5.69 Å². The summed E-state index contributed by atoms with van der Waals surface area (Å²) in [6.07, 6.45) is -10.2. The Morgan fingerprint density at radius 2 is 0.842 bits per heavy atom. The van der Waals surface area contributed by atoms with Crippen LogP contribution in [0.3, 0.4) is 0 Å². The number of hydrogen-bond acceptors (Lipinski definition) is 0. The molecule has 0 amide bonds. The van der Waals surface area contributed by atoms with Crippen molar-refractivity contribution in [2.24, 2.45) is 0 Å². The maximum absolute atomic E-state index is 14.3. The minimum absolute atomic E-state index is 0.134. The van der Waals surface area contributed by atoms with E-state index in [4.69, 9.17) is 0 Å². The predicted molar refractivity (Wildman–Crippen MR) is 99.5 cm³/mol. The van der Waals surface area contributed by atoms with E-state index >= 15 is 0 Å². The summed E-state index contributed by atoms with van der Waals surface area (Å²) in [5, 5.41) is 0. The van der Waals surface area contributed by atoms with Crippen LogP contribution in [0.5, 0.6) is 0 Å². The van der Waals surface area contributed by atoms with E-state index in [-0.39, 0.29) is 18.8 Å². The number of hydrogen-bond donors (Lipinski definition) is 0. The smallest absolute Gasteiger partial charge is 0.291 e. The summed E-state index contributed by atoms with van der Waals surface area (Å²) in [5.41, 5.74) is 0.134. The Hall–Kier alpha value is -2.01. The van der Waals surface area contributed by atoms with E-state index < -0.39 is 65.1 Å². The third kappa shape index (κ3) is 4.78. The third-order valence-corrected chi connectivity index (χ3v) is 6.16. The van der Waals surface area contributed by atoms with Gasteiger partial charge < -0.3 is 0 Å². The van der Waals surface area contributed by atoms with Crippen LogP contribution in [-0.2, 0) is 0 Å². The van der Waals surface area contributed by atoms with Gasteiger partial charge in [-0.05, 0) is 26.0 Å². The summed E-state index contributed by atoms with van der Waals surface area (Å²) < 4.78 is 228. The van der Waals surface area contributed by atoms with Crippen molar-refractivity contribution in [3.05, 3.63) is 30.3 Å². The van der Waals surface area contributed by atoms with Gasteiger partial charge in [-0.25, -0.2) is 0 Å². The molecule has 1 nitrogen and oxygen atoms in total. The first kappa shape index (κ1) is 34.0. The Labute approximate surface area is 203 Å². The van der Waals surface area contributed by atoms with Crippen LogP contribution in [0.4, 0.5) is 80.3 Å². The van der Waals surface area contributed by atoms with E-state index in [1.54, 1.807) is 0 Å². The van der Waals surface area contributed by atoms with Gasteiger partial charge in [0.05, 0.1) is 26.1 Å². The molecular weight excluding hydrogens is 577 g/mol. The SMILES string of the molecule is CC[N+](CC)(CCC(F)(F)C(F)(F)C(F)(F)C(F)(F)C(F)(F)C(F)(F)C(F)(F)C(F)(F)F)c1ccccc1. The molecule has 0 fully saturated rings. The third-order valence-electron chi connectivity index (χ3n) is 6.16. The standard InChI is InChI=1S/C20H19F17N/c1-3-38(4-2,12-8-6-5-7-9-12)11-10-13(21,22)14(23,24)15(25,26)16(27,28)17(29,30)18(31,32)19(33,34)20(35,36)37/h5-9H,3-4,10-11H2,1-2H3/q+1. The quantitative estimate of drug-likeness (QED) is 0.168. The van der Waals surface area contributed by atoms with Crippen molar-refractivity contribution < 1.29 is 74.6 Å². The Balaban J connectivity index is 3.54. The molecule has 0 heterocycles. The second kappa shape index (κ2) is 9.87. The monoisotopic (exact) mass is 596 g/mol. The van der Waals surface area contributed by atoms with E-state index in [1.165, 1.54) is 44.2 Å². The van der Waals surface area contributed by atoms with Crippen LogP contribution in [0, 0.1) is 0 Å². The maximum atomic E-state index is 14.3. The molecule has 222 valence electrons. The predicted octanol–water partition coefficient (Wildman–Crippen LogP) is 8.43. The van der Waals surface area contributed by atoms with Crippen molar-refractivity contribution in [2.75, 3.05) is 19.6 Å². The van der Waals surface area contributed by atoms with Gasteiger partial charge >= 0.3 is 47.6 Å². The van der Waals surface area contributed by atoms with Crippen molar-refractivity contribution in [2.45, 2.75) is 67.9 Å². The van der Waals surface area contributed by atoms with Crippen LogP contribution in [0.1, 0.15) is 20.3 Å². The molecule has 1 aromatic carbocycles. The van der Waals surface area contributed by atoms with Crippen LogP contribution in [0.2, 0.25) is 0 Å². The molecule has 0 saturated heterocycles. The molecular formula is C20H19F17N+. The number of halogens is 17. The minimum atomic E-state index is -8.61. The molecule has 0 radical (unpaired) electrons. The number of para-hydroxylation sites is 1. The number of rotatable bonds is 12. The minimum Gasteiger partial charge on any atom is -0.291 e. The van der Waals surface area contributed by atoms with Gasteiger partial charge in [-0.15, -0.1) is 0 Å². The van der Waals surface area contributed by atoms with Gasteiger partial charge in [0, 0.05) is 0 Å². The van der Waals surface area contributed by atoms with E-state index in [1.807, 2.05) is 0 Å². The van der Waals surface area contributed by atoms with Crippen LogP contribution in [-0.4, -0.2) is 67.3 Å². The van der Waals surface area contributed by atoms with Crippen molar-refractivity contribution in [3.8, 4) is 0 Å². The van der Waals surface area contributed by atoms with Gasteiger partial charge in [0.15, 0.2) is 0 Å². The highest BCUT2D eigenvalue weighted by atomic mass is 19.4. The molecule has 1 rings (SSSR count). The topological polar surface area (TPSA) is 0 Å². The molecule has 0 aliphatic heterocycles. The Morgan fingerprint density at radius 3 is 1.18 bits per heavy atom. The summed E-state index contributed by atoms with van der Waals surface area (Å²) in [7, 11) is 0. The molecule has 38 heavy (non-hydrogen) atoms. The second-order valence-corrected chi connectivity index (χ2v) is 8.24. The molecule has 18 heteroatoms. The van der Waals surface area contributed by atoms with Crippen LogP contribution < -0.4 is 4.48 Å². The molecule has 0 aliphatic carbocycles. The van der Waals surface area contributed by atoms with Crippen molar-refractivity contribution in [3.63, 3.8) is 0 Å². The first-order valence-electron chi connectivity index (χ1n) is 10.3. The zero-order valence-corrected chi connectivity index (χ0v) is 19.1. The Bertz CT molecular complexity index is 933. The molecule has 0 aromatic heterocycles. The lowest BCUT2D eigenvalue weighted by molar-refractivity contribution is -0.461. The second-order valence-electron chi connectivity index (χ2n) is 8.24. The van der Waals surface area contributed by atoms with E-state index in [0.29, 0.717) is 0 Å². The Morgan fingerprint density at radius 1 is 0.500 bits per heavy atom. The van der Waals surface area contributed by atoms with E-state index in [9.17, 15) is 74.6 Å². The molecule has 0 spiro atoms. The fraction of sp³-hybridized carbons (Fsp3) is 0.700. The first-order chi connectivity index (χ1) is 16.7. The van der Waals surface area contributed by atoms with Crippen molar-refractivity contribution >= 4 is 5.69 Å². The molecule has 1 aromatic rings. The summed E-state index contributed by atoms with van der Waals surface area (Å²) >= 11 is 0. The zero-order valence-electron chi connectivity index (χ0n) is 19.1.